The lowest BCUT2D eigenvalue weighted by Crippen LogP contribution is -2.57. The summed E-state index contributed by atoms with van der Waals surface area (Å²) in [6.45, 7) is 3.92. The Morgan fingerprint density at radius 3 is 2.40 bits per heavy atom. The maximum absolute atomic E-state index is 13.4. The first-order chi connectivity index (χ1) is 11.9. The molecule has 1 saturated heterocycles. The molecule has 25 heavy (non-hydrogen) atoms. The summed E-state index contributed by atoms with van der Waals surface area (Å²) in [5.41, 5.74) is 1.68. The fourth-order valence-electron chi connectivity index (χ4n) is 3.07. The van der Waals surface area contributed by atoms with Crippen molar-refractivity contribution in [2.45, 2.75) is 19.9 Å². The number of aryl methyl sites for hydroxylation is 1. The van der Waals surface area contributed by atoms with Crippen LogP contribution in [-0.4, -0.2) is 35.8 Å². The Balaban J connectivity index is 1.84. The van der Waals surface area contributed by atoms with Gasteiger partial charge in [-0.05, 0) is 37.6 Å². The summed E-state index contributed by atoms with van der Waals surface area (Å²) >= 11 is 0. The van der Waals surface area contributed by atoms with Crippen LogP contribution in [0.3, 0.4) is 0 Å². The van der Waals surface area contributed by atoms with Crippen LogP contribution in [0.15, 0.2) is 42.5 Å². The van der Waals surface area contributed by atoms with Gasteiger partial charge in [-0.15, -0.1) is 0 Å². The van der Waals surface area contributed by atoms with E-state index in [9.17, 15) is 18.4 Å². The average Bonchev–Trinajstić information content (AvgIpc) is 2.56. The number of anilines is 1. The standard InChI is InChI=1S/C19H18F2N2O2/c1-12-5-3-4-6-17(12)23-10-13(2)22(11-18(23)24)19(25)14-7-15(20)9-16(21)8-14/h3-9,13H,10-11H2,1-2H3/t13-/m1/s1. The Labute approximate surface area is 144 Å². The van der Waals surface area contributed by atoms with Crippen molar-refractivity contribution in [3.63, 3.8) is 0 Å². The van der Waals surface area contributed by atoms with Crippen LogP contribution in [0.1, 0.15) is 22.8 Å². The largest absolute Gasteiger partial charge is 0.325 e. The molecule has 0 spiro atoms. The molecule has 1 fully saturated rings. The van der Waals surface area contributed by atoms with Gasteiger partial charge in [0.15, 0.2) is 0 Å². The van der Waals surface area contributed by atoms with Crippen LogP contribution in [0, 0.1) is 18.6 Å². The number of carbonyl (C=O) groups excluding carboxylic acids is 2. The third-order valence-electron chi connectivity index (χ3n) is 4.36. The minimum atomic E-state index is -0.819. The number of benzene rings is 2. The van der Waals surface area contributed by atoms with Gasteiger partial charge >= 0.3 is 0 Å². The van der Waals surface area contributed by atoms with Crippen molar-refractivity contribution in [3.8, 4) is 0 Å². The molecule has 2 aromatic rings. The van der Waals surface area contributed by atoms with Crippen molar-refractivity contribution in [1.82, 2.24) is 4.90 Å². The molecule has 0 N–H and O–H groups in total. The van der Waals surface area contributed by atoms with Gasteiger partial charge in [0.2, 0.25) is 5.91 Å². The highest BCUT2D eigenvalue weighted by atomic mass is 19.1. The number of carbonyl (C=O) groups is 2. The van der Waals surface area contributed by atoms with Crippen LogP contribution in [0.2, 0.25) is 0 Å². The lowest BCUT2D eigenvalue weighted by molar-refractivity contribution is -0.121. The van der Waals surface area contributed by atoms with E-state index in [1.54, 1.807) is 4.90 Å². The van der Waals surface area contributed by atoms with Gasteiger partial charge in [0.25, 0.3) is 5.91 Å². The number of halogens is 2. The molecule has 0 aliphatic carbocycles. The molecule has 2 amide bonds. The van der Waals surface area contributed by atoms with Crippen LogP contribution < -0.4 is 4.90 Å². The smallest absolute Gasteiger partial charge is 0.254 e. The van der Waals surface area contributed by atoms with Gasteiger partial charge < -0.3 is 9.80 Å². The van der Waals surface area contributed by atoms with E-state index in [0.717, 1.165) is 23.4 Å². The molecule has 0 saturated carbocycles. The second-order valence-electron chi connectivity index (χ2n) is 6.23. The van der Waals surface area contributed by atoms with Crippen molar-refractivity contribution < 1.29 is 18.4 Å². The van der Waals surface area contributed by atoms with Crippen molar-refractivity contribution in [2.75, 3.05) is 18.0 Å². The number of rotatable bonds is 2. The first-order valence-corrected chi connectivity index (χ1v) is 8.00. The summed E-state index contributed by atoms with van der Waals surface area (Å²) in [5, 5.41) is 0. The predicted molar refractivity (Wildman–Crippen MR) is 90.4 cm³/mol. The second kappa shape index (κ2) is 6.63. The molecule has 0 radical (unpaired) electrons. The first kappa shape index (κ1) is 17.1. The van der Waals surface area contributed by atoms with Crippen LogP contribution in [0.4, 0.5) is 14.5 Å². The molecule has 1 heterocycles. The number of para-hydroxylation sites is 1. The van der Waals surface area contributed by atoms with Crippen molar-refractivity contribution >= 4 is 17.5 Å². The maximum atomic E-state index is 13.4. The topological polar surface area (TPSA) is 40.6 Å². The van der Waals surface area contributed by atoms with Crippen LogP contribution in [-0.2, 0) is 4.79 Å². The monoisotopic (exact) mass is 344 g/mol. The molecule has 1 atom stereocenters. The summed E-state index contributed by atoms with van der Waals surface area (Å²) in [6, 6.07) is 9.92. The Bertz CT molecular complexity index is 818. The van der Waals surface area contributed by atoms with E-state index in [1.807, 2.05) is 38.1 Å². The van der Waals surface area contributed by atoms with Crippen molar-refractivity contribution in [2.24, 2.45) is 0 Å². The number of piperazine rings is 1. The molecule has 1 aliphatic rings. The molecule has 0 aromatic heterocycles. The average molecular weight is 344 g/mol. The van der Waals surface area contributed by atoms with E-state index in [4.69, 9.17) is 0 Å². The van der Waals surface area contributed by atoms with Crippen molar-refractivity contribution in [3.05, 3.63) is 65.2 Å². The molecular formula is C19H18F2N2O2. The second-order valence-corrected chi connectivity index (χ2v) is 6.23. The van der Waals surface area contributed by atoms with Gasteiger partial charge in [0.1, 0.15) is 18.2 Å². The van der Waals surface area contributed by atoms with Crippen LogP contribution in [0.5, 0.6) is 0 Å². The van der Waals surface area contributed by atoms with E-state index < -0.39 is 17.5 Å². The van der Waals surface area contributed by atoms with Gasteiger partial charge in [-0.1, -0.05) is 18.2 Å². The third kappa shape index (κ3) is 3.38. The zero-order chi connectivity index (χ0) is 18.1. The molecule has 130 valence electrons. The highest BCUT2D eigenvalue weighted by Crippen LogP contribution is 2.24. The van der Waals surface area contributed by atoms with E-state index in [1.165, 1.54) is 4.90 Å². The Kier molecular flexibility index (Phi) is 4.53. The normalized spacial score (nSPS) is 17.8. The zero-order valence-corrected chi connectivity index (χ0v) is 14.0. The number of amides is 2. The maximum Gasteiger partial charge on any atom is 0.254 e. The van der Waals surface area contributed by atoms with E-state index in [0.29, 0.717) is 12.6 Å². The summed E-state index contributed by atoms with van der Waals surface area (Å²) in [4.78, 5) is 28.1. The molecular weight excluding hydrogens is 326 g/mol. The van der Waals surface area contributed by atoms with E-state index in [-0.39, 0.29) is 24.1 Å². The Morgan fingerprint density at radius 2 is 1.76 bits per heavy atom. The summed E-state index contributed by atoms with van der Waals surface area (Å²) in [6.07, 6.45) is 0. The fourth-order valence-corrected chi connectivity index (χ4v) is 3.07. The molecule has 0 unspecified atom stereocenters. The SMILES string of the molecule is Cc1ccccc1N1C[C@@H](C)N(C(=O)c2cc(F)cc(F)c2)CC1=O. The highest BCUT2D eigenvalue weighted by Gasteiger charge is 2.34. The molecule has 2 aromatic carbocycles. The summed E-state index contributed by atoms with van der Waals surface area (Å²) in [7, 11) is 0. The van der Waals surface area contributed by atoms with Crippen LogP contribution >= 0.6 is 0 Å². The molecule has 6 heteroatoms. The lowest BCUT2D eigenvalue weighted by atomic mass is 10.1. The summed E-state index contributed by atoms with van der Waals surface area (Å²) < 4.78 is 26.7. The minimum absolute atomic E-state index is 0.0958. The van der Waals surface area contributed by atoms with Gasteiger partial charge in [0.05, 0.1) is 0 Å². The lowest BCUT2D eigenvalue weighted by Gasteiger charge is -2.39. The van der Waals surface area contributed by atoms with Crippen molar-refractivity contribution in [1.29, 1.82) is 0 Å². The first-order valence-electron chi connectivity index (χ1n) is 8.00. The van der Waals surface area contributed by atoms with E-state index >= 15 is 0 Å². The molecule has 4 nitrogen and oxygen atoms in total. The van der Waals surface area contributed by atoms with E-state index in [2.05, 4.69) is 0 Å². The van der Waals surface area contributed by atoms with Gasteiger partial charge in [-0.3, -0.25) is 9.59 Å². The Hall–Kier alpha value is -2.76. The number of nitrogens with zero attached hydrogens (tertiary/aromatic N) is 2. The third-order valence-corrected chi connectivity index (χ3v) is 4.36. The predicted octanol–water partition coefficient (Wildman–Crippen LogP) is 3.15. The molecule has 3 rings (SSSR count). The van der Waals surface area contributed by atoms with Crippen LogP contribution in [0.25, 0.3) is 0 Å². The fraction of sp³-hybridized carbons (Fsp3) is 0.263. The van der Waals surface area contributed by atoms with Gasteiger partial charge in [-0.2, -0.15) is 0 Å². The molecule has 0 bridgehead atoms. The summed E-state index contributed by atoms with van der Waals surface area (Å²) in [5.74, 6) is -2.41. The highest BCUT2D eigenvalue weighted by molar-refractivity contribution is 6.02. The quantitative estimate of drug-likeness (QED) is 0.840. The van der Waals surface area contributed by atoms with Gasteiger partial charge in [-0.25, -0.2) is 8.78 Å². The number of hydrogen-bond acceptors (Lipinski definition) is 2. The van der Waals surface area contributed by atoms with Gasteiger partial charge in [0, 0.05) is 29.9 Å². The number of hydrogen-bond donors (Lipinski definition) is 0. The molecule has 1 aliphatic heterocycles. The zero-order valence-electron chi connectivity index (χ0n) is 14.0. The Morgan fingerprint density at radius 1 is 1.12 bits per heavy atom. The minimum Gasteiger partial charge on any atom is -0.325 e.